The molecule has 1 saturated heterocycles. The minimum atomic E-state index is -0.0561. The normalized spacial score (nSPS) is 20.1. The predicted molar refractivity (Wildman–Crippen MR) is 105 cm³/mol. The van der Waals surface area contributed by atoms with Gasteiger partial charge < -0.3 is 10.2 Å². The fourth-order valence-electron chi connectivity index (χ4n) is 3.68. The molecule has 0 aromatic carbocycles. The van der Waals surface area contributed by atoms with E-state index in [-0.39, 0.29) is 17.9 Å². The highest BCUT2D eigenvalue weighted by Crippen LogP contribution is 2.26. The summed E-state index contributed by atoms with van der Waals surface area (Å²) in [6, 6.07) is 2.16. The number of amides is 2. The van der Waals surface area contributed by atoms with Gasteiger partial charge in [-0.25, -0.2) is 0 Å². The van der Waals surface area contributed by atoms with Crippen LogP contribution in [0.15, 0.2) is 21.3 Å². The van der Waals surface area contributed by atoms with E-state index in [1.807, 2.05) is 22.4 Å². The number of nitrogens with zero attached hydrogens (tertiary/aromatic N) is 1. The van der Waals surface area contributed by atoms with Crippen molar-refractivity contribution in [1.29, 1.82) is 0 Å². The molecule has 4 nitrogen and oxygen atoms in total. The Morgan fingerprint density at radius 1 is 1.16 bits per heavy atom. The fourth-order valence-corrected chi connectivity index (χ4v) is 4.83. The molecule has 136 valence electrons. The van der Waals surface area contributed by atoms with Crippen LogP contribution >= 0.6 is 27.3 Å². The molecule has 0 spiro atoms. The largest absolute Gasteiger partial charge is 0.350 e. The topological polar surface area (TPSA) is 49.4 Å². The third-order valence-electron chi connectivity index (χ3n) is 5.12. The van der Waals surface area contributed by atoms with Crippen LogP contribution < -0.4 is 5.32 Å². The van der Waals surface area contributed by atoms with E-state index in [9.17, 15) is 9.59 Å². The van der Waals surface area contributed by atoms with Crippen molar-refractivity contribution in [2.75, 3.05) is 13.1 Å². The Kier molecular flexibility index (Phi) is 6.70. The summed E-state index contributed by atoms with van der Waals surface area (Å²) in [6.07, 6.45) is 10.9. The maximum atomic E-state index is 12.6. The molecule has 1 aliphatic heterocycles. The molecule has 25 heavy (non-hydrogen) atoms. The number of rotatable bonds is 4. The van der Waals surface area contributed by atoms with Gasteiger partial charge in [-0.2, -0.15) is 0 Å². The van der Waals surface area contributed by atoms with E-state index in [0.29, 0.717) is 5.91 Å². The molecule has 2 heterocycles. The average Bonchev–Trinajstić information content (AvgIpc) is 3.06. The number of thiophene rings is 1. The quantitative estimate of drug-likeness (QED) is 0.735. The Bertz CT molecular complexity index is 629. The number of carbonyl (C=O) groups is 2. The average molecular weight is 425 g/mol. The van der Waals surface area contributed by atoms with E-state index in [2.05, 4.69) is 21.2 Å². The molecular formula is C19H25BrN2O2S. The van der Waals surface area contributed by atoms with Gasteiger partial charge in [0.15, 0.2) is 0 Å². The lowest BCUT2D eigenvalue weighted by Gasteiger charge is -2.35. The summed E-state index contributed by atoms with van der Waals surface area (Å²) in [6.45, 7) is 1.53. The second-order valence-electron chi connectivity index (χ2n) is 6.96. The van der Waals surface area contributed by atoms with Crippen LogP contribution in [0.2, 0.25) is 0 Å². The second-order valence-corrected chi connectivity index (χ2v) is 9.25. The molecule has 2 aliphatic rings. The van der Waals surface area contributed by atoms with Crippen LogP contribution in [0.25, 0.3) is 6.08 Å². The van der Waals surface area contributed by atoms with Crippen molar-refractivity contribution in [3.05, 3.63) is 26.9 Å². The minimum absolute atomic E-state index is 0.0561. The Labute approximate surface area is 161 Å². The van der Waals surface area contributed by atoms with Crippen molar-refractivity contribution < 1.29 is 9.59 Å². The van der Waals surface area contributed by atoms with Crippen molar-refractivity contribution in [3.8, 4) is 0 Å². The minimum Gasteiger partial charge on any atom is -0.350 e. The van der Waals surface area contributed by atoms with Gasteiger partial charge in [0.25, 0.3) is 0 Å². The van der Waals surface area contributed by atoms with Gasteiger partial charge in [-0.1, -0.05) is 19.3 Å². The van der Waals surface area contributed by atoms with E-state index < -0.39 is 0 Å². The molecule has 2 fully saturated rings. The van der Waals surface area contributed by atoms with Crippen molar-refractivity contribution in [3.63, 3.8) is 0 Å². The van der Waals surface area contributed by atoms with Crippen LogP contribution in [0.1, 0.15) is 50.5 Å². The number of halogens is 1. The van der Waals surface area contributed by atoms with Crippen molar-refractivity contribution >= 4 is 45.2 Å². The summed E-state index contributed by atoms with van der Waals surface area (Å²) in [5.74, 6) is 0.527. The van der Waals surface area contributed by atoms with Gasteiger partial charge in [0.05, 0.1) is 3.79 Å². The number of hydrogen-bond acceptors (Lipinski definition) is 3. The number of piperidine rings is 1. The monoisotopic (exact) mass is 424 g/mol. The van der Waals surface area contributed by atoms with Gasteiger partial charge in [0, 0.05) is 31.1 Å². The first kappa shape index (κ1) is 18.6. The first-order chi connectivity index (χ1) is 12.1. The maximum absolute atomic E-state index is 12.6. The molecule has 0 unspecified atom stereocenters. The molecule has 2 amide bonds. The fraction of sp³-hybridized carbons (Fsp3) is 0.579. The molecule has 0 bridgehead atoms. The summed E-state index contributed by atoms with van der Waals surface area (Å²) in [5.41, 5.74) is 1.03. The van der Waals surface area contributed by atoms with Gasteiger partial charge in [-0.3, -0.25) is 9.59 Å². The summed E-state index contributed by atoms with van der Waals surface area (Å²) < 4.78 is 1.06. The van der Waals surface area contributed by atoms with E-state index in [1.54, 1.807) is 17.4 Å². The summed E-state index contributed by atoms with van der Waals surface area (Å²) in [4.78, 5) is 26.6. The van der Waals surface area contributed by atoms with Crippen LogP contribution in [0.3, 0.4) is 0 Å². The van der Waals surface area contributed by atoms with Crippen molar-refractivity contribution in [1.82, 2.24) is 10.2 Å². The van der Waals surface area contributed by atoms with Gasteiger partial charge >= 0.3 is 0 Å². The van der Waals surface area contributed by atoms with E-state index in [0.717, 1.165) is 48.1 Å². The first-order valence-corrected chi connectivity index (χ1v) is 10.8. The molecular weight excluding hydrogens is 400 g/mol. The molecule has 0 atom stereocenters. The van der Waals surface area contributed by atoms with E-state index in [4.69, 9.17) is 0 Å². The first-order valence-electron chi connectivity index (χ1n) is 9.13. The van der Waals surface area contributed by atoms with Gasteiger partial charge in [-0.05, 0) is 64.7 Å². The summed E-state index contributed by atoms with van der Waals surface area (Å²) in [7, 11) is 0. The lowest BCUT2D eigenvalue weighted by atomic mass is 9.87. The molecule has 1 aliphatic carbocycles. The third kappa shape index (κ3) is 5.42. The smallest absolute Gasteiger partial charge is 0.244 e. The van der Waals surface area contributed by atoms with E-state index in [1.165, 1.54) is 19.3 Å². The summed E-state index contributed by atoms with van der Waals surface area (Å²) >= 11 is 5.02. The van der Waals surface area contributed by atoms with Crippen molar-refractivity contribution in [2.45, 2.75) is 51.0 Å². The highest BCUT2D eigenvalue weighted by atomic mass is 79.9. The number of nitrogens with one attached hydrogen (secondary N) is 1. The molecule has 6 heteroatoms. The highest BCUT2D eigenvalue weighted by molar-refractivity contribution is 9.11. The molecule has 1 saturated carbocycles. The predicted octanol–water partition coefficient (Wildman–Crippen LogP) is 4.21. The molecule has 1 aromatic rings. The second kappa shape index (κ2) is 8.99. The zero-order chi connectivity index (χ0) is 17.6. The molecule has 1 N–H and O–H groups in total. The number of likely N-dealkylation sites (tertiary alicyclic amines) is 1. The van der Waals surface area contributed by atoms with E-state index >= 15 is 0 Å². The van der Waals surface area contributed by atoms with Crippen LogP contribution in [0.5, 0.6) is 0 Å². The number of hydrogen-bond donors (Lipinski definition) is 1. The number of carbonyl (C=O) groups excluding carboxylic acids is 2. The Morgan fingerprint density at radius 2 is 1.88 bits per heavy atom. The van der Waals surface area contributed by atoms with Gasteiger partial charge in [-0.15, -0.1) is 11.3 Å². The standard InChI is InChI=1S/C19H25BrN2O2S/c20-17-12-14(13-25-17)6-7-18(23)21-16-8-10-22(11-9-16)19(24)15-4-2-1-3-5-15/h6-7,12-13,15-16H,1-5,8-11H2,(H,21,23). The molecule has 1 aromatic heterocycles. The lowest BCUT2D eigenvalue weighted by molar-refractivity contribution is -0.137. The lowest BCUT2D eigenvalue weighted by Crippen LogP contribution is -2.48. The van der Waals surface area contributed by atoms with Crippen molar-refractivity contribution in [2.24, 2.45) is 5.92 Å². The van der Waals surface area contributed by atoms with Crippen LogP contribution in [-0.2, 0) is 9.59 Å². The van der Waals surface area contributed by atoms with Crippen LogP contribution in [0, 0.1) is 5.92 Å². The van der Waals surface area contributed by atoms with Crippen LogP contribution in [0.4, 0.5) is 0 Å². The Morgan fingerprint density at radius 3 is 2.52 bits per heavy atom. The van der Waals surface area contributed by atoms with Gasteiger partial charge in [0.1, 0.15) is 0 Å². The maximum Gasteiger partial charge on any atom is 0.244 e. The highest BCUT2D eigenvalue weighted by Gasteiger charge is 2.29. The third-order valence-corrected chi connectivity index (χ3v) is 6.65. The Balaban J connectivity index is 1.42. The molecule has 3 rings (SSSR count). The zero-order valence-corrected chi connectivity index (χ0v) is 16.8. The zero-order valence-electron chi connectivity index (χ0n) is 14.4. The van der Waals surface area contributed by atoms with Gasteiger partial charge in [0.2, 0.25) is 11.8 Å². The molecule has 0 radical (unpaired) electrons. The summed E-state index contributed by atoms with van der Waals surface area (Å²) in [5, 5.41) is 5.07. The van der Waals surface area contributed by atoms with Crippen LogP contribution in [-0.4, -0.2) is 35.8 Å². The Hall–Kier alpha value is -1.14. The SMILES string of the molecule is O=C(C=Cc1csc(Br)c1)NC1CCN(C(=O)C2CCCCC2)CC1.